The van der Waals surface area contributed by atoms with Crippen molar-refractivity contribution in [1.29, 1.82) is 0 Å². The fourth-order valence-corrected chi connectivity index (χ4v) is 1.73. The van der Waals surface area contributed by atoms with Crippen LogP contribution < -0.4 is 0 Å². The van der Waals surface area contributed by atoms with E-state index in [-0.39, 0.29) is 12.0 Å². The van der Waals surface area contributed by atoms with Crippen LogP contribution in [0.15, 0.2) is 35.5 Å². The molecule has 0 unspecified atom stereocenters. The Bertz CT molecular complexity index is 564. The summed E-state index contributed by atoms with van der Waals surface area (Å²) < 4.78 is 4.53. The maximum atomic E-state index is 11.1. The molecule has 0 fully saturated rings. The normalized spacial score (nSPS) is 10.7. The number of methoxy groups -OCH3 is 1. The Kier molecular flexibility index (Phi) is 11.0. The highest BCUT2D eigenvalue weighted by atomic mass is 16.6. The third-order valence-corrected chi connectivity index (χ3v) is 3.80. The molecule has 4 nitrogen and oxygen atoms in total. The third kappa shape index (κ3) is 7.32. The number of carbonyl (C=O) groups is 1. The van der Waals surface area contributed by atoms with Crippen molar-refractivity contribution in [3.63, 3.8) is 0 Å². The van der Waals surface area contributed by atoms with Gasteiger partial charge < -0.3 is 9.57 Å². The lowest BCUT2D eigenvalue weighted by molar-refractivity contribution is -0.145. The van der Waals surface area contributed by atoms with Crippen LogP contribution >= 0.6 is 0 Å². The monoisotopic (exact) mass is 331 g/mol. The molecule has 0 atom stereocenters. The van der Waals surface area contributed by atoms with E-state index >= 15 is 0 Å². The first-order valence-electron chi connectivity index (χ1n) is 8.40. The minimum absolute atomic E-state index is 0.183. The molecule has 0 saturated carbocycles. The minimum Gasteiger partial charge on any atom is -0.466 e. The van der Waals surface area contributed by atoms with E-state index in [1.807, 2.05) is 44.2 Å². The Morgan fingerprint density at radius 2 is 1.75 bits per heavy atom. The molecule has 0 aliphatic rings. The Balaban J connectivity index is 0.00000254. The molecular formula is C20H29NO3. The number of hydrogen-bond donors (Lipinski definition) is 0. The van der Waals surface area contributed by atoms with Crippen LogP contribution in [0, 0.1) is 17.3 Å². The number of nitrogens with zero attached hydrogens (tertiary/aromatic N) is 1. The molecule has 1 rings (SSSR count). The second kappa shape index (κ2) is 12.2. The first kappa shape index (κ1) is 21.7. The second-order valence-electron chi connectivity index (χ2n) is 5.17. The summed E-state index contributed by atoms with van der Waals surface area (Å²) in [6, 6.07) is 9.70. The fraction of sp³-hybridized carbons (Fsp3) is 0.500. The van der Waals surface area contributed by atoms with E-state index < -0.39 is 5.97 Å². The smallest absolute Gasteiger partial charge is 0.346 e. The van der Waals surface area contributed by atoms with Gasteiger partial charge in [-0.25, -0.2) is 4.79 Å². The summed E-state index contributed by atoms with van der Waals surface area (Å²) in [6.45, 7) is 10.1. The zero-order valence-electron chi connectivity index (χ0n) is 15.7. The fourth-order valence-electron chi connectivity index (χ4n) is 1.73. The van der Waals surface area contributed by atoms with Crippen molar-refractivity contribution in [1.82, 2.24) is 0 Å². The average molecular weight is 331 g/mol. The van der Waals surface area contributed by atoms with E-state index in [0.717, 1.165) is 18.4 Å². The van der Waals surface area contributed by atoms with Gasteiger partial charge >= 0.3 is 5.97 Å². The van der Waals surface area contributed by atoms with Crippen LogP contribution in [-0.2, 0) is 14.4 Å². The molecular weight excluding hydrogens is 302 g/mol. The maximum Gasteiger partial charge on any atom is 0.346 e. The lowest BCUT2D eigenvalue weighted by Gasteiger charge is -2.24. The van der Waals surface area contributed by atoms with Gasteiger partial charge in [-0.3, -0.25) is 0 Å². The predicted molar refractivity (Wildman–Crippen MR) is 98.8 cm³/mol. The lowest BCUT2D eigenvalue weighted by Crippen LogP contribution is -2.26. The van der Waals surface area contributed by atoms with Crippen LogP contribution in [-0.4, -0.2) is 25.4 Å². The van der Waals surface area contributed by atoms with E-state index in [0.29, 0.717) is 5.71 Å². The van der Waals surface area contributed by atoms with Crippen molar-refractivity contribution >= 4 is 11.7 Å². The van der Waals surface area contributed by atoms with Gasteiger partial charge in [-0.1, -0.05) is 63.9 Å². The number of rotatable bonds is 6. The van der Waals surface area contributed by atoms with Crippen molar-refractivity contribution in [2.75, 3.05) is 13.7 Å². The van der Waals surface area contributed by atoms with E-state index in [1.54, 1.807) is 0 Å². The summed E-state index contributed by atoms with van der Waals surface area (Å²) in [6.07, 6.45) is 1.76. The highest BCUT2D eigenvalue weighted by Crippen LogP contribution is 2.27. The third-order valence-electron chi connectivity index (χ3n) is 3.80. The zero-order valence-corrected chi connectivity index (χ0v) is 15.7. The maximum absolute atomic E-state index is 11.1. The standard InChI is InChI=1S/C18H23NO3.C2H6/c1-5-18(3,6-2)16(19-22-14-17(20)21-4)13-12-15-10-8-7-9-11-15;1-2/h7-11H,5-6,14H2,1-4H3;1-2H3/b19-16+;. The molecule has 0 aliphatic heterocycles. The van der Waals surface area contributed by atoms with Crippen molar-refractivity contribution in [3.05, 3.63) is 35.9 Å². The molecule has 1 aromatic rings. The van der Waals surface area contributed by atoms with Crippen LogP contribution in [0.4, 0.5) is 0 Å². The summed E-state index contributed by atoms with van der Waals surface area (Å²) in [4.78, 5) is 16.2. The highest BCUT2D eigenvalue weighted by molar-refractivity contribution is 6.04. The summed E-state index contributed by atoms with van der Waals surface area (Å²) in [5.41, 5.74) is 1.38. The molecule has 0 aliphatic carbocycles. The SMILES string of the molecule is CC.CCC(C)(CC)/C(C#Cc1ccccc1)=N/OCC(=O)OC. The topological polar surface area (TPSA) is 47.9 Å². The zero-order chi connectivity index (χ0) is 18.4. The highest BCUT2D eigenvalue weighted by Gasteiger charge is 2.26. The molecule has 0 radical (unpaired) electrons. The molecule has 0 spiro atoms. The van der Waals surface area contributed by atoms with Gasteiger partial charge in [-0.05, 0) is 30.9 Å². The van der Waals surface area contributed by atoms with Gasteiger partial charge in [0.2, 0.25) is 6.61 Å². The molecule has 0 heterocycles. The van der Waals surface area contributed by atoms with Gasteiger partial charge in [-0.2, -0.15) is 0 Å². The average Bonchev–Trinajstić information content (AvgIpc) is 2.66. The van der Waals surface area contributed by atoms with E-state index in [4.69, 9.17) is 4.84 Å². The minimum atomic E-state index is -0.464. The largest absolute Gasteiger partial charge is 0.466 e. The quantitative estimate of drug-likeness (QED) is 0.335. The Labute approximate surface area is 146 Å². The second-order valence-corrected chi connectivity index (χ2v) is 5.17. The summed E-state index contributed by atoms with van der Waals surface area (Å²) in [5.74, 6) is 5.72. The van der Waals surface area contributed by atoms with Crippen LogP contribution in [0.5, 0.6) is 0 Å². The number of esters is 1. The van der Waals surface area contributed by atoms with Crippen molar-refractivity contribution in [3.8, 4) is 11.8 Å². The number of ether oxygens (including phenoxy) is 1. The van der Waals surface area contributed by atoms with Crippen LogP contribution in [0.25, 0.3) is 0 Å². The Morgan fingerprint density at radius 3 is 2.25 bits per heavy atom. The number of oxime groups is 1. The van der Waals surface area contributed by atoms with Gasteiger partial charge in [0.15, 0.2) is 0 Å². The molecule has 0 saturated heterocycles. The van der Waals surface area contributed by atoms with Gasteiger partial charge in [0, 0.05) is 11.0 Å². The molecule has 0 aromatic heterocycles. The molecule has 4 heteroatoms. The summed E-state index contributed by atoms with van der Waals surface area (Å²) in [7, 11) is 1.31. The van der Waals surface area contributed by atoms with Crippen molar-refractivity contribution in [2.24, 2.45) is 10.6 Å². The van der Waals surface area contributed by atoms with Gasteiger partial charge in [0.25, 0.3) is 0 Å². The van der Waals surface area contributed by atoms with Crippen molar-refractivity contribution in [2.45, 2.75) is 47.5 Å². The Hall–Kier alpha value is -2.28. The van der Waals surface area contributed by atoms with Crippen LogP contribution in [0.3, 0.4) is 0 Å². The van der Waals surface area contributed by atoms with Crippen LogP contribution in [0.1, 0.15) is 53.0 Å². The molecule has 1 aromatic carbocycles. The number of carbonyl (C=O) groups excluding carboxylic acids is 1. The van der Waals surface area contributed by atoms with Gasteiger partial charge in [0.1, 0.15) is 5.71 Å². The van der Waals surface area contributed by atoms with E-state index in [9.17, 15) is 4.79 Å². The van der Waals surface area contributed by atoms with Gasteiger partial charge in [-0.15, -0.1) is 0 Å². The molecule has 0 N–H and O–H groups in total. The predicted octanol–water partition coefficient (Wildman–Crippen LogP) is 4.44. The molecule has 132 valence electrons. The molecule has 0 bridgehead atoms. The molecule has 24 heavy (non-hydrogen) atoms. The van der Waals surface area contributed by atoms with Crippen LogP contribution in [0.2, 0.25) is 0 Å². The van der Waals surface area contributed by atoms with Gasteiger partial charge in [0.05, 0.1) is 7.11 Å². The van der Waals surface area contributed by atoms with E-state index in [1.165, 1.54) is 7.11 Å². The lowest BCUT2D eigenvalue weighted by atomic mass is 9.80. The van der Waals surface area contributed by atoms with Crippen molar-refractivity contribution < 1.29 is 14.4 Å². The summed E-state index contributed by atoms with van der Waals surface area (Å²) in [5, 5.41) is 4.08. The first-order chi connectivity index (χ1) is 11.6. The van der Waals surface area contributed by atoms with E-state index in [2.05, 4.69) is 42.5 Å². The molecule has 0 amide bonds. The summed E-state index contributed by atoms with van der Waals surface area (Å²) >= 11 is 0. The first-order valence-corrected chi connectivity index (χ1v) is 8.40. The Morgan fingerprint density at radius 1 is 1.17 bits per heavy atom. The number of hydrogen-bond acceptors (Lipinski definition) is 4. The number of benzene rings is 1.